The van der Waals surface area contributed by atoms with Gasteiger partial charge in [0.1, 0.15) is 6.10 Å². The minimum Gasteiger partial charge on any atom is -0.547 e. The molecule has 1 aliphatic heterocycles. The maximum Gasteiger partial charge on any atom is 1.00 e. The molecular formula is C9H10KNO6. The first-order valence-electron chi connectivity index (χ1n) is 4.83. The van der Waals surface area contributed by atoms with Crippen molar-refractivity contribution in [1.29, 1.82) is 0 Å². The molecule has 7 nitrogen and oxygen atoms in total. The Morgan fingerprint density at radius 2 is 2.18 bits per heavy atom. The van der Waals surface area contributed by atoms with Gasteiger partial charge in [0.15, 0.2) is 0 Å². The van der Waals surface area contributed by atoms with Crippen molar-refractivity contribution in [2.24, 2.45) is 0 Å². The second kappa shape index (κ2) is 5.43. The predicted octanol–water partition coefficient (Wildman–Crippen LogP) is -4.77. The number of carbonyl (C=O) groups excluding carboxylic acids is 1. The van der Waals surface area contributed by atoms with Crippen molar-refractivity contribution in [1.82, 2.24) is 0 Å². The van der Waals surface area contributed by atoms with Crippen LogP contribution >= 0.6 is 0 Å². The molecule has 0 aromatic rings. The Kier molecular flexibility index (Phi) is 4.86. The Morgan fingerprint density at radius 1 is 1.53 bits per heavy atom. The molecule has 88 valence electrons. The Morgan fingerprint density at radius 3 is 2.71 bits per heavy atom. The number of nitrogens with zero attached hydrogens (tertiary/aromatic N) is 1. The van der Waals surface area contributed by atoms with Crippen LogP contribution in [0.1, 0.15) is 12.8 Å². The van der Waals surface area contributed by atoms with Crippen LogP contribution in [0.4, 0.5) is 0 Å². The van der Waals surface area contributed by atoms with E-state index in [0.29, 0.717) is 0 Å². The SMILES string of the molecule is O=C([O-])[C@@H]1C[C@]2([N+](=O)[O-])C=CC(O)[C@@H](C2)O1.[K+]. The maximum atomic E-state index is 11.0. The van der Waals surface area contributed by atoms with Crippen molar-refractivity contribution in [2.75, 3.05) is 0 Å². The summed E-state index contributed by atoms with van der Waals surface area (Å²) in [6.07, 6.45) is -0.940. The van der Waals surface area contributed by atoms with Crippen molar-refractivity contribution in [3.8, 4) is 0 Å². The van der Waals surface area contributed by atoms with Gasteiger partial charge in [0.05, 0.1) is 31.0 Å². The summed E-state index contributed by atoms with van der Waals surface area (Å²) in [6, 6.07) is 0. The smallest absolute Gasteiger partial charge is 0.547 e. The molecule has 1 unspecified atom stereocenters. The topological polar surface area (TPSA) is 113 Å². The molecule has 2 bridgehead atoms. The van der Waals surface area contributed by atoms with Crippen LogP contribution in [0, 0.1) is 10.1 Å². The molecule has 1 fully saturated rings. The van der Waals surface area contributed by atoms with Gasteiger partial charge in [-0.3, -0.25) is 10.1 Å². The first-order chi connectivity index (χ1) is 7.44. The largest absolute Gasteiger partial charge is 1.00 e. The average molecular weight is 267 g/mol. The van der Waals surface area contributed by atoms with Gasteiger partial charge in [-0.25, -0.2) is 0 Å². The zero-order valence-electron chi connectivity index (χ0n) is 9.24. The number of aliphatic hydroxyl groups is 1. The van der Waals surface area contributed by atoms with Gasteiger partial charge in [0.25, 0.3) is 0 Å². The van der Waals surface area contributed by atoms with E-state index >= 15 is 0 Å². The fraction of sp³-hybridized carbons (Fsp3) is 0.667. The van der Waals surface area contributed by atoms with E-state index in [1.54, 1.807) is 0 Å². The number of hydrogen-bond donors (Lipinski definition) is 1. The number of ether oxygens (including phenoxy) is 1. The molecule has 1 aliphatic carbocycles. The first kappa shape index (κ1) is 15.2. The fourth-order valence-electron chi connectivity index (χ4n) is 2.15. The molecule has 17 heavy (non-hydrogen) atoms. The predicted molar refractivity (Wildman–Crippen MR) is 47.8 cm³/mol. The molecule has 2 aliphatic rings. The Balaban J connectivity index is 0.00000144. The van der Waals surface area contributed by atoms with E-state index in [1.807, 2.05) is 0 Å². The summed E-state index contributed by atoms with van der Waals surface area (Å²) in [4.78, 5) is 21.1. The summed E-state index contributed by atoms with van der Waals surface area (Å²) in [7, 11) is 0. The van der Waals surface area contributed by atoms with Crippen molar-refractivity contribution in [3.63, 3.8) is 0 Å². The molecule has 8 heteroatoms. The number of nitro groups is 1. The zero-order chi connectivity index (χ0) is 11.9. The third-order valence-electron chi connectivity index (χ3n) is 3.04. The van der Waals surface area contributed by atoms with Crippen LogP contribution in [0.5, 0.6) is 0 Å². The molecule has 0 aromatic carbocycles. The summed E-state index contributed by atoms with van der Waals surface area (Å²) in [5.41, 5.74) is -1.45. The number of aliphatic carboxylic acids is 1. The van der Waals surface area contributed by atoms with Gasteiger partial charge < -0.3 is 19.7 Å². The number of hydrogen-bond acceptors (Lipinski definition) is 6. The molecule has 0 radical (unpaired) electrons. The van der Waals surface area contributed by atoms with Gasteiger partial charge in [-0.2, -0.15) is 0 Å². The normalized spacial score (nSPS) is 39.2. The van der Waals surface area contributed by atoms with Gasteiger partial charge in [-0.15, -0.1) is 0 Å². The van der Waals surface area contributed by atoms with Crippen molar-refractivity contribution >= 4 is 5.97 Å². The molecule has 1 heterocycles. The minimum atomic E-state index is -1.49. The van der Waals surface area contributed by atoms with Crippen LogP contribution in [-0.4, -0.2) is 39.8 Å². The van der Waals surface area contributed by atoms with Crippen LogP contribution in [-0.2, 0) is 9.53 Å². The number of carbonyl (C=O) groups is 1. The van der Waals surface area contributed by atoms with Crippen molar-refractivity contribution < 1.29 is 76.1 Å². The van der Waals surface area contributed by atoms with Gasteiger partial charge >= 0.3 is 51.4 Å². The Labute approximate surface area is 139 Å². The van der Waals surface area contributed by atoms with Crippen LogP contribution in [0.3, 0.4) is 0 Å². The Hall–Kier alpha value is 0.166. The van der Waals surface area contributed by atoms with E-state index in [0.717, 1.165) is 0 Å². The van der Waals surface area contributed by atoms with E-state index in [-0.39, 0.29) is 64.2 Å². The standard InChI is InChI=1S/C9H11NO6.K/c11-5-1-2-9(10(14)15)3-6(5)16-7(4-9)8(12)13;/h1-2,5-7,11H,3-4H2,(H,12,13);/q;+1/p-1/t5?,6-,7+,9+;/m1./s1. The summed E-state index contributed by atoms with van der Waals surface area (Å²) in [5, 5.41) is 31.1. The van der Waals surface area contributed by atoms with E-state index in [4.69, 9.17) is 4.74 Å². The number of fused-ring (bicyclic) bond motifs is 2. The maximum absolute atomic E-state index is 11.0. The van der Waals surface area contributed by atoms with Gasteiger partial charge in [0, 0.05) is 4.92 Å². The van der Waals surface area contributed by atoms with Crippen LogP contribution in [0.2, 0.25) is 0 Å². The summed E-state index contributed by atoms with van der Waals surface area (Å²) >= 11 is 0. The van der Waals surface area contributed by atoms with E-state index in [9.17, 15) is 25.1 Å². The second-order valence-electron chi connectivity index (χ2n) is 4.10. The number of carboxylic acids is 1. The third-order valence-corrected chi connectivity index (χ3v) is 3.04. The van der Waals surface area contributed by atoms with E-state index in [1.165, 1.54) is 12.2 Å². The molecule has 0 spiro atoms. The molecule has 0 saturated carbocycles. The van der Waals surface area contributed by atoms with Crippen molar-refractivity contribution in [3.05, 3.63) is 22.3 Å². The average Bonchev–Trinajstić information content (AvgIpc) is 2.23. The van der Waals surface area contributed by atoms with Gasteiger partial charge in [-0.1, -0.05) is 6.08 Å². The summed E-state index contributed by atoms with van der Waals surface area (Å²) in [6.45, 7) is 0. The van der Waals surface area contributed by atoms with Gasteiger partial charge in [0.2, 0.25) is 5.54 Å². The molecule has 1 N–H and O–H groups in total. The monoisotopic (exact) mass is 267 g/mol. The van der Waals surface area contributed by atoms with Crippen LogP contribution in [0.25, 0.3) is 0 Å². The fourth-order valence-corrected chi connectivity index (χ4v) is 2.15. The first-order valence-corrected chi connectivity index (χ1v) is 4.83. The molecule has 0 amide bonds. The second-order valence-corrected chi connectivity index (χ2v) is 4.10. The van der Waals surface area contributed by atoms with Crippen LogP contribution in [0.15, 0.2) is 12.2 Å². The zero-order valence-corrected chi connectivity index (χ0v) is 12.4. The third kappa shape index (κ3) is 2.78. The molecule has 0 aromatic heterocycles. The van der Waals surface area contributed by atoms with Crippen molar-refractivity contribution in [2.45, 2.75) is 36.7 Å². The van der Waals surface area contributed by atoms with Gasteiger partial charge in [-0.05, 0) is 6.08 Å². The van der Waals surface area contributed by atoms with Crippen LogP contribution < -0.4 is 56.5 Å². The number of carboxylic acid groups (broad SMARTS) is 1. The number of rotatable bonds is 2. The number of aliphatic hydroxyl groups excluding tert-OH is 1. The Bertz CT molecular complexity index is 372. The summed E-state index contributed by atoms with van der Waals surface area (Å²) < 4.78 is 5.04. The summed E-state index contributed by atoms with van der Waals surface area (Å²) in [5.74, 6) is -1.49. The molecule has 1 saturated heterocycles. The quantitative estimate of drug-likeness (QED) is 0.233. The molecule has 2 rings (SSSR count). The minimum absolute atomic E-state index is 0. The van der Waals surface area contributed by atoms with E-state index < -0.39 is 34.7 Å². The van der Waals surface area contributed by atoms with E-state index in [2.05, 4.69) is 0 Å². The molecular weight excluding hydrogens is 257 g/mol. The molecule has 4 atom stereocenters.